The highest BCUT2D eigenvalue weighted by molar-refractivity contribution is 5.19. The maximum absolute atomic E-state index is 12.6. The maximum atomic E-state index is 12.6. The summed E-state index contributed by atoms with van der Waals surface area (Å²) >= 11 is 0. The second kappa shape index (κ2) is 4.72. The second-order valence-corrected chi connectivity index (χ2v) is 2.64. The van der Waals surface area contributed by atoms with E-state index in [9.17, 15) is 8.78 Å². The van der Waals surface area contributed by atoms with Crippen molar-refractivity contribution in [3.63, 3.8) is 0 Å². The molecule has 13 heavy (non-hydrogen) atoms. The third-order valence-corrected chi connectivity index (χ3v) is 1.60. The number of allylic oxidation sites excluding steroid dienone is 1. The Morgan fingerprint density at radius 2 is 2.23 bits per heavy atom. The van der Waals surface area contributed by atoms with Gasteiger partial charge in [0.1, 0.15) is 11.6 Å². The van der Waals surface area contributed by atoms with E-state index in [1.807, 2.05) is 0 Å². The molecule has 0 spiro atoms. The maximum Gasteiger partial charge on any atom is 0.123 e. The van der Waals surface area contributed by atoms with Crippen LogP contribution < -0.4 is 0 Å². The molecule has 0 unspecified atom stereocenters. The molecule has 1 N–H and O–H groups in total. The summed E-state index contributed by atoms with van der Waals surface area (Å²) in [5.41, 5.74) is 0.684. The molecule has 0 atom stereocenters. The van der Waals surface area contributed by atoms with Crippen molar-refractivity contribution in [1.82, 2.24) is 0 Å². The van der Waals surface area contributed by atoms with Crippen LogP contribution in [0.2, 0.25) is 0 Å². The monoisotopic (exact) mass is 184 g/mol. The topological polar surface area (TPSA) is 20.2 Å². The molecule has 0 amide bonds. The zero-order chi connectivity index (χ0) is 9.68. The van der Waals surface area contributed by atoms with Crippen LogP contribution in [-0.2, 0) is 6.42 Å². The minimum Gasteiger partial charge on any atom is -0.389 e. The fourth-order valence-electron chi connectivity index (χ4n) is 0.957. The summed E-state index contributed by atoms with van der Waals surface area (Å²) in [6.07, 6.45) is 1.53. The Morgan fingerprint density at radius 1 is 1.46 bits per heavy atom. The number of halogens is 2. The van der Waals surface area contributed by atoms with Crippen molar-refractivity contribution in [3.05, 3.63) is 47.5 Å². The van der Waals surface area contributed by atoms with Gasteiger partial charge in [0.2, 0.25) is 0 Å². The predicted molar refractivity (Wildman–Crippen MR) is 46.4 cm³/mol. The van der Waals surface area contributed by atoms with Crippen LogP contribution in [0.5, 0.6) is 0 Å². The molecule has 1 rings (SSSR count). The lowest BCUT2D eigenvalue weighted by Gasteiger charge is -1.96. The van der Waals surface area contributed by atoms with Gasteiger partial charge in [-0.25, -0.2) is 8.78 Å². The van der Waals surface area contributed by atoms with E-state index >= 15 is 0 Å². The first-order valence-electron chi connectivity index (χ1n) is 3.92. The second-order valence-electron chi connectivity index (χ2n) is 2.64. The summed E-state index contributed by atoms with van der Waals surface area (Å²) in [7, 11) is 0. The first-order valence-corrected chi connectivity index (χ1v) is 3.92. The van der Waals surface area contributed by atoms with E-state index in [0.29, 0.717) is 12.0 Å². The van der Waals surface area contributed by atoms with Gasteiger partial charge in [0.05, 0.1) is 6.61 Å². The third-order valence-electron chi connectivity index (χ3n) is 1.60. The fraction of sp³-hybridized carbons (Fsp3) is 0.200. The molecule has 0 bridgehead atoms. The number of benzene rings is 1. The van der Waals surface area contributed by atoms with Crippen molar-refractivity contribution in [2.75, 3.05) is 6.61 Å². The highest BCUT2D eigenvalue weighted by atomic mass is 19.1. The van der Waals surface area contributed by atoms with Gasteiger partial charge in [0.15, 0.2) is 0 Å². The van der Waals surface area contributed by atoms with E-state index in [4.69, 9.17) is 5.11 Å². The molecular formula is C10H10F2O. The quantitative estimate of drug-likeness (QED) is 0.763. The highest BCUT2D eigenvalue weighted by Crippen LogP contribution is 2.06. The fourth-order valence-corrected chi connectivity index (χ4v) is 0.957. The Morgan fingerprint density at radius 3 is 2.85 bits per heavy atom. The smallest absolute Gasteiger partial charge is 0.123 e. The number of rotatable bonds is 3. The Bertz CT molecular complexity index is 308. The van der Waals surface area contributed by atoms with Crippen LogP contribution in [-0.4, -0.2) is 11.7 Å². The SMILES string of the molecule is OCC(F)=CCc1cccc(F)c1. The molecule has 0 saturated heterocycles. The normalized spacial score (nSPS) is 11.8. The summed E-state index contributed by atoms with van der Waals surface area (Å²) < 4.78 is 25.0. The summed E-state index contributed by atoms with van der Waals surface area (Å²) in [6, 6.07) is 5.93. The van der Waals surface area contributed by atoms with Gasteiger partial charge in [-0.1, -0.05) is 12.1 Å². The van der Waals surface area contributed by atoms with Crippen molar-refractivity contribution < 1.29 is 13.9 Å². The molecule has 1 nitrogen and oxygen atoms in total. The van der Waals surface area contributed by atoms with Crippen molar-refractivity contribution in [1.29, 1.82) is 0 Å². The molecule has 70 valence electrons. The standard InChI is InChI=1S/C10H10F2O/c11-9-3-1-2-8(6-9)4-5-10(12)7-13/h1-3,5-6,13H,4,7H2. The van der Waals surface area contributed by atoms with Gasteiger partial charge in [-0.3, -0.25) is 0 Å². The minimum absolute atomic E-state index is 0.296. The molecule has 0 aromatic heterocycles. The van der Waals surface area contributed by atoms with E-state index < -0.39 is 12.4 Å². The van der Waals surface area contributed by atoms with Crippen LogP contribution in [0.25, 0.3) is 0 Å². The van der Waals surface area contributed by atoms with Crippen molar-refractivity contribution >= 4 is 0 Å². The predicted octanol–water partition coefficient (Wildman–Crippen LogP) is 2.21. The molecule has 0 aliphatic heterocycles. The molecule has 1 aromatic rings. The van der Waals surface area contributed by atoms with Crippen LogP contribution >= 0.6 is 0 Å². The van der Waals surface area contributed by atoms with Crippen LogP contribution in [0.4, 0.5) is 8.78 Å². The van der Waals surface area contributed by atoms with E-state index in [-0.39, 0.29) is 5.82 Å². The molecule has 0 aliphatic rings. The first-order chi connectivity index (χ1) is 6.22. The molecule has 0 saturated carbocycles. The molecule has 0 radical (unpaired) electrons. The van der Waals surface area contributed by atoms with Gasteiger partial charge in [-0.15, -0.1) is 0 Å². The van der Waals surface area contributed by atoms with Gasteiger partial charge in [-0.05, 0) is 30.2 Å². The molecule has 0 heterocycles. The molecular weight excluding hydrogens is 174 g/mol. The van der Waals surface area contributed by atoms with E-state index in [2.05, 4.69) is 0 Å². The highest BCUT2D eigenvalue weighted by Gasteiger charge is 1.94. The van der Waals surface area contributed by atoms with Crippen molar-refractivity contribution in [2.24, 2.45) is 0 Å². The Labute approximate surface area is 75.3 Å². The van der Waals surface area contributed by atoms with Gasteiger partial charge in [0, 0.05) is 0 Å². The zero-order valence-electron chi connectivity index (χ0n) is 7.00. The molecule has 0 fully saturated rings. The van der Waals surface area contributed by atoms with Gasteiger partial charge >= 0.3 is 0 Å². The minimum atomic E-state index is -0.602. The van der Waals surface area contributed by atoms with Gasteiger partial charge < -0.3 is 5.11 Å². The van der Waals surface area contributed by atoms with Crippen LogP contribution in [0.1, 0.15) is 5.56 Å². The average Bonchev–Trinajstić information content (AvgIpc) is 2.14. The summed E-state index contributed by atoms with van der Waals surface area (Å²) in [6.45, 7) is -0.602. The Kier molecular flexibility index (Phi) is 3.58. The molecule has 0 aliphatic carbocycles. The lowest BCUT2D eigenvalue weighted by molar-refractivity contribution is 0.297. The van der Waals surface area contributed by atoms with Gasteiger partial charge in [0.25, 0.3) is 0 Å². The van der Waals surface area contributed by atoms with Crippen molar-refractivity contribution in [2.45, 2.75) is 6.42 Å². The Hall–Kier alpha value is -1.22. The number of hydrogen-bond acceptors (Lipinski definition) is 1. The number of hydrogen-bond donors (Lipinski definition) is 1. The van der Waals surface area contributed by atoms with Crippen molar-refractivity contribution in [3.8, 4) is 0 Å². The average molecular weight is 184 g/mol. The van der Waals surface area contributed by atoms with Crippen LogP contribution in [0.3, 0.4) is 0 Å². The summed E-state index contributed by atoms with van der Waals surface area (Å²) in [4.78, 5) is 0. The van der Waals surface area contributed by atoms with Gasteiger partial charge in [-0.2, -0.15) is 0 Å². The van der Waals surface area contributed by atoms with E-state index in [1.165, 1.54) is 18.2 Å². The van der Waals surface area contributed by atoms with E-state index in [1.54, 1.807) is 12.1 Å². The van der Waals surface area contributed by atoms with Crippen LogP contribution in [0, 0.1) is 5.82 Å². The number of aliphatic hydroxyl groups is 1. The Balaban J connectivity index is 2.64. The van der Waals surface area contributed by atoms with E-state index in [0.717, 1.165) is 0 Å². The lowest BCUT2D eigenvalue weighted by Crippen LogP contribution is -1.86. The first kappa shape index (κ1) is 9.86. The zero-order valence-corrected chi connectivity index (χ0v) is 7.00. The number of aliphatic hydroxyl groups excluding tert-OH is 1. The third kappa shape index (κ3) is 3.34. The lowest BCUT2D eigenvalue weighted by atomic mass is 10.1. The summed E-state index contributed by atoms with van der Waals surface area (Å²) in [5, 5.41) is 8.35. The molecule has 1 aromatic carbocycles. The largest absolute Gasteiger partial charge is 0.389 e. The summed E-state index contributed by atoms with van der Waals surface area (Å²) in [5.74, 6) is -0.931. The van der Waals surface area contributed by atoms with Crippen LogP contribution in [0.15, 0.2) is 36.2 Å². The molecule has 3 heteroatoms.